The quantitative estimate of drug-likeness (QED) is 0.798. The van der Waals surface area contributed by atoms with E-state index >= 15 is 0 Å². The lowest BCUT2D eigenvalue weighted by Gasteiger charge is -2.24. The lowest BCUT2D eigenvalue weighted by molar-refractivity contribution is -0.162. The fourth-order valence-corrected chi connectivity index (χ4v) is 3.04. The molecule has 0 amide bonds. The Balaban J connectivity index is 2.05. The second-order valence-corrected chi connectivity index (χ2v) is 7.39. The van der Waals surface area contributed by atoms with Gasteiger partial charge in [-0.15, -0.1) is 0 Å². The summed E-state index contributed by atoms with van der Waals surface area (Å²) in [5.41, 5.74) is 0.228. The molecule has 0 spiro atoms. The van der Waals surface area contributed by atoms with Gasteiger partial charge in [0.05, 0.1) is 18.1 Å². The van der Waals surface area contributed by atoms with Gasteiger partial charge in [-0.3, -0.25) is 4.18 Å². The molecule has 1 aliphatic heterocycles. The first-order valence-corrected chi connectivity index (χ1v) is 7.83. The zero-order valence-electron chi connectivity index (χ0n) is 12.2. The van der Waals surface area contributed by atoms with Gasteiger partial charge in [0.15, 0.2) is 5.79 Å². The van der Waals surface area contributed by atoms with Crippen LogP contribution in [0.15, 0.2) is 29.2 Å². The van der Waals surface area contributed by atoms with Crippen LogP contribution in [0, 0.1) is 6.92 Å². The molecule has 1 aromatic carbocycles. The van der Waals surface area contributed by atoms with Crippen molar-refractivity contribution >= 4 is 10.1 Å². The van der Waals surface area contributed by atoms with Gasteiger partial charge in [-0.05, 0) is 39.8 Å². The highest BCUT2D eigenvalue weighted by Crippen LogP contribution is 2.31. The summed E-state index contributed by atoms with van der Waals surface area (Å²) in [4.78, 5) is 0.143. The van der Waals surface area contributed by atoms with Crippen molar-refractivity contribution in [1.29, 1.82) is 0 Å². The maximum absolute atomic E-state index is 12.1. The third-order valence-electron chi connectivity index (χ3n) is 3.05. The van der Waals surface area contributed by atoms with Crippen LogP contribution >= 0.6 is 0 Å². The van der Waals surface area contributed by atoms with Gasteiger partial charge in [-0.2, -0.15) is 8.42 Å². The smallest absolute Gasteiger partial charge is 0.297 e. The van der Waals surface area contributed by atoms with Crippen molar-refractivity contribution in [2.75, 3.05) is 13.2 Å². The van der Waals surface area contributed by atoms with E-state index in [9.17, 15) is 8.42 Å². The van der Waals surface area contributed by atoms with Crippen LogP contribution in [-0.4, -0.2) is 33.0 Å². The Labute approximate surface area is 120 Å². The van der Waals surface area contributed by atoms with E-state index in [0.29, 0.717) is 6.61 Å². The molecular weight excluding hydrogens is 280 g/mol. The van der Waals surface area contributed by atoms with Crippen LogP contribution in [0.5, 0.6) is 0 Å². The summed E-state index contributed by atoms with van der Waals surface area (Å²) in [5, 5.41) is 0. The van der Waals surface area contributed by atoms with Gasteiger partial charge in [0.2, 0.25) is 0 Å². The number of benzene rings is 1. The Morgan fingerprint density at radius 3 is 2.30 bits per heavy atom. The standard InChI is InChI=1S/C14H20O5S/c1-11-5-7-12(8-6-11)20(15,16)18-10-14(4)9-17-13(2,3)19-14/h5-8H,9-10H2,1-4H3/t14-/m1/s1. The van der Waals surface area contributed by atoms with Crippen molar-refractivity contribution in [3.8, 4) is 0 Å². The molecule has 0 bridgehead atoms. The Bertz CT molecular complexity index is 576. The molecule has 6 heteroatoms. The van der Waals surface area contributed by atoms with Crippen LogP contribution in [0.4, 0.5) is 0 Å². The minimum absolute atomic E-state index is 0.0767. The van der Waals surface area contributed by atoms with Crippen molar-refractivity contribution in [2.45, 2.75) is 44.0 Å². The maximum atomic E-state index is 12.1. The number of rotatable bonds is 4. The molecule has 0 unspecified atom stereocenters. The average Bonchev–Trinajstić information content (AvgIpc) is 2.63. The molecule has 0 aliphatic carbocycles. The van der Waals surface area contributed by atoms with Crippen LogP contribution in [0.25, 0.3) is 0 Å². The molecule has 0 radical (unpaired) electrons. The summed E-state index contributed by atoms with van der Waals surface area (Å²) < 4.78 is 40.4. The summed E-state index contributed by atoms with van der Waals surface area (Å²) in [6.45, 7) is 7.45. The monoisotopic (exact) mass is 300 g/mol. The summed E-state index contributed by atoms with van der Waals surface area (Å²) in [5.74, 6) is -0.717. The molecule has 0 N–H and O–H groups in total. The maximum Gasteiger partial charge on any atom is 0.297 e. The number of hydrogen-bond donors (Lipinski definition) is 0. The molecular formula is C14H20O5S. The molecule has 0 saturated carbocycles. The molecule has 112 valence electrons. The lowest BCUT2D eigenvalue weighted by atomic mass is 10.1. The fraction of sp³-hybridized carbons (Fsp3) is 0.571. The molecule has 2 rings (SSSR count). The van der Waals surface area contributed by atoms with E-state index in [0.717, 1.165) is 5.56 Å². The topological polar surface area (TPSA) is 61.8 Å². The van der Waals surface area contributed by atoms with Crippen LogP contribution in [-0.2, 0) is 23.8 Å². The highest BCUT2D eigenvalue weighted by Gasteiger charge is 2.43. The first-order valence-electron chi connectivity index (χ1n) is 6.42. The first-order chi connectivity index (χ1) is 9.12. The minimum atomic E-state index is -3.78. The molecule has 1 fully saturated rings. The van der Waals surface area contributed by atoms with Crippen molar-refractivity contribution in [1.82, 2.24) is 0 Å². The van der Waals surface area contributed by atoms with Crippen LogP contribution < -0.4 is 0 Å². The van der Waals surface area contributed by atoms with Gasteiger partial charge in [-0.25, -0.2) is 0 Å². The molecule has 1 heterocycles. The van der Waals surface area contributed by atoms with E-state index in [1.54, 1.807) is 32.9 Å². The van der Waals surface area contributed by atoms with Crippen molar-refractivity contribution < 1.29 is 22.1 Å². The van der Waals surface area contributed by atoms with Crippen LogP contribution in [0.1, 0.15) is 26.3 Å². The Kier molecular flexibility index (Phi) is 3.94. The normalized spacial score (nSPS) is 25.8. The van der Waals surface area contributed by atoms with Crippen molar-refractivity contribution in [3.05, 3.63) is 29.8 Å². The molecule has 1 atom stereocenters. The zero-order chi connectivity index (χ0) is 15.0. The second-order valence-electron chi connectivity index (χ2n) is 5.77. The van der Waals surface area contributed by atoms with E-state index in [4.69, 9.17) is 13.7 Å². The summed E-state index contributed by atoms with van der Waals surface area (Å²) in [6, 6.07) is 6.53. The van der Waals surface area contributed by atoms with Gasteiger partial charge in [0.1, 0.15) is 5.60 Å². The van der Waals surface area contributed by atoms with Gasteiger partial charge in [-0.1, -0.05) is 17.7 Å². The summed E-state index contributed by atoms with van der Waals surface area (Å²) >= 11 is 0. The van der Waals surface area contributed by atoms with Crippen LogP contribution in [0.2, 0.25) is 0 Å². The molecule has 20 heavy (non-hydrogen) atoms. The number of hydrogen-bond acceptors (Lipinski definition) is 5. The van der Waals surface area contributed by atoms with E-state index in [1.165, 1.54) is 12.1 Å². The Hall–Kier alpha value is -0.950. The Morgan fingerprint density at radius 2 is 1.80 bits per heavy atom. The highest BCUT2D eigenvalue weighted by atomic mass is 32.2. The van der Waals surface area contributed by atoms with Crippen molar-refractivity contribution in [2.24, 2.45) is 0 Å². The predicted octanol–water partition coefficient (Wildman–Crippen LogP) is 2.24. The lowest BCUT2D eigenvalue weighted by Crippen LogP contribution is -2.36. The first kappa shape index (κ1) is 15.4. The average molecular weight is 300 g/mol. The van der Waals surface area contributed by atoms with E-state index in [2.05, 4.69) is 0 Å². The fourth-order valence-electron chi connectivity index (χ4n) is 2.03. The SMILES string of the molecule is Cc1ccc(S(=O)(=O)OC[C@@]2(C)COC(C)(C)O2)cc1. The van der Waals surface area contributed by atoms with E-state index in [-0.39, 0.29) is 11.5 Å². The third kappa shape index (κ3) is 3.58. The van der Waals surface area contributed by atoms with Crippen LogP contribution in [0.3, 0.4) is 0 Å². The van der Waals surface area contributed by atoms with Crippen molar-refractivity contribution in [3.63, 3.8) is 0 Å². The number of aryl methyl sites for hydroxylation is 1. The largest absolute Gasteiger partial charge is 0.347 e. The molecule has 5 nitrogen and oxygen atoms in total. The minimum Gasteiger partial charge on any atom is -0.347 e. The highest BCUT2D eigenvalue weighted by molar-refractivity contribution is 7.86. The molecule has 1 aliphatic rings. The summed E-state index contributed by atoms with van der Waals surface area (Å²) in [7, 11) is -3.78. The number of ether oxygens (including phenoxy) is 2. The van der Waals surface area contributed by atoms with Gasteiger partial charge < -0.3 is 9.47 Å². The zero-order valence-corrected chi connectivity index (χ0v) is 13.0. The van der Waals surface area contributed by atoms with Gasteiger partial charge in [0, 0.05) is 0 Å². The second kappa shape index (κ2) is 5.11. The van der Waals surface area contributed by atoms with E-state index < -0.39 is 21.5 Å². The summed E-state index contributed by atoms with van der Waals surface area (Å²) in [6.07, 6.45) is 0. The van der Waals surface area contributed by atoms with Gasteiger partial charge in [0.25, 0.3) is 10.1 Å². The molecule has 1 saturated heterocycles. The third-order valence-corrected chi connectivity index (χ3v) is 4.32. The van der Waals surface area contributed by atoms with E-state index in [1.807, 2.05) is 6.92 Å². The molecule has 0 aromatic heterocycles. The van der Waals surface area contributed by atoms with Gasteiger partial charge >= 0.3 is 0 Å². The molecule has 1 aromatic rings. The Morgan fingerprint density at radius 1 is 1.20 bits per heavy atom. The predicted molar refractivity (Wildman–Crippen MR) is 73.8 cm³/mol.